The quantitative estimate of drug-likeness (QED) is 0.895. The summed E-state index contributed by atoms with van der Waals surface area (Å²) in [7, 11) is 1.87. The summed E-state index contributed by atoms with van der Waals surface area (Å²) < 4.78 is 6.31. The molecule has 1 amide bonds. The Balaban J connectivity index is 1.79. The highest BCUT2D eigenvalue weighted by molar-refractivity contribution is 5.76. The first-order valence-electron chi connectivity index (χ1n) is 7.94. The van der Waals surface area contributed by atoms with Gasteiger partial charge in [0.1, 0.15) is 11.4 Å². The molecular formula is C17H24N2O2. The molecule has 1 aliphatic heterocycles. The van der Waals surface area contributed by atoms with Crippen molar-refractivity contribution < 1.29 is 9.53 Å². The molecular weight excluding hydrogens is 264 g/mol. The molecule has 1 aromatic carbocycles. The lowest BCUT2D eigenvalue weighted by atomic mass is 9.86. The first-order valence-corrected chi connectivity index (χ1v) is 7.94. The highest BCUT2D eigenvalue weighted by Gasteiger charge is 2.43. The minimum atomic E-state index is -0.0602. The number of hydrogen-bond acceptors (Lipinski definition) is 3. The molecule has 1 aromatic rings. The Morgan fingerprint density at radius 3 is 2.86 bits per heavy atom. The van der Waals surface area contributed by atoms with Crippen LogP contribution in [0.15, 0.2) is 24.3 Å². The molecule has 1 saturated carbocycles. The molecule has 1 atom stereocenters. The summed E-state index contributed by atoms with van der Waals surface area (Å²) in [6, 6.07) is 8.20. The molecule has 0 radical (unpaired) electrons. The fourth-order valence-electron chi connectivity index (χ4n) is 3.58. The van der Waals surface area contributed by atoms with Crippen LogP contribution in [0.1, 0.15) is 50.1 Å². The highest BCUT2D eigenvalue weighted by Crippen LogP contribution is 2.46. The van der Waals surface area contributed by atoms with Crippen molar-refractivity contribution in [2.45, 2.75) is 50.2 Å². The Morgan fingerprint density at radius 2 is 2.10 bits per heavy atom. The van der Waals surface area contributed by atoms with Crippen molar-refractivity contribution in [1.82, 2.24) is 10.6 Å². The summed E-state index contributed by atoms with van der Waals surface area (Å²) in [5.41, 5.74) is 1.06. The highest BCUT2D eigenvalue weighted by atomic mass is 16.5. The van der Waals surface area contributed by atoms with Crippen molar-refractivity contribution >= 4 is 5.91 Å². The van der Waals surface area contributed by atoms with Crippen LogP contribution in [-0.4, -0.2) is 25.1 Å². The Bertz CT molecular complexity index is 509. The van der Waals surface area contributed by atoms with Crippen molar-refractivity contribution in [3.05, 3.63) is 29.8 Å². The third-order valence-electron chi connectivity index (χ3n) is 4.65. The van der Waals surface area contributed by atoms with E-state index in [4.69, 9.17) is 4.74 Å². The van der Waals surface area contributed by atoms with E-state index >= 15 is 0 Å². The van der Waals surface area contributed by atoms with Crippen LogP contribution in [-0.2, 0) is 4.79 Å². The summed E-state index contributed by atoms with van der Waals surface area (Å²) in [6.45, 7) is 0.710. The molecule has 2 aliphatic rings. The lowest BCUT2D eigenvalue weighted by Crippen LogP contribution is -2.43. The van der Waals surface area contributed by atoms with Gasteiger partial charge in [-0.15, -0.1) is 0 Å². The lowest BCUT2D eigenvalue weighted by Gasteiger charge is -2.40. The van der Waals surface area contributed by atoms with E-state index in [0.29, 0.717) is 13.0 Å². The van der Waals surface area contributed by atoms with Gasteiger partial charge in [-0.1, -0.05) is 18.2 Å². The van der Waals surface area contributed by atoms with Gasteiger partial charge in [-0.05, 0) is 38.8 Å². The zero-order valence-electron chi connectivity index (χ0n) is 12.7. The number of carbonyl (C=O) groups is 1. The molecule has 1 fully saturated rings. The first-order chi connectivity index (χ1) is 10.2. The number of para-hydroxylation sites is 1. The van der Waals surface area contributed by atoms with Crippen LogP contribution in [0.25, 0.3) is 0 Å². The molecule has 1 unspecified atom stereocenters. The van der Waals surface area contributed by atoms with Crippen molar-refractivity contribution in [2.24, 2.45) is 0 Å². The molecule has 0 bridgehead atoms. The number of ether oxygens (including phenoxy) is 1. The van der Waals surface area contributed by atoms with Gasteiger partial charge in [0, 0.05) is 24.9 Å². The number of rotatable bonds is 4. The molecule has 3 rings (SSSR count). The fraction of sp³-hybridized carbons (Fsp3) is 0.588. The zero-order valence-corrected chi connectivity index (χ0v) is 12.7. The predicted octanol–water partition coefficient (Wildman–Crippen LogP) is 2.55. The van der Waals surface area contributed by atoms with Gasteiger partial charge in [0.15, 0.2) is 0 Å². The molecule has 4 nitrogen and oxygen atoms in total. The smallest absolute Gasteiger partial charge is 0.221 e. The molecule has 4 heteroatoms. The maximum Gasteiger partial charge on any atom is 0.221 e. The largest absolute Gasteiger partial charge is 0.487 e. The third-order valence-corrected chi connectivity index (χ3v) is 4.65. The summed E-state index contributed by atoms with van der Waals surface area (Å²) in [4.78, 5) is 12.1. The summed E-state index contributed by atoms with van der Waals surface area (Å²) in [6.07, 6.45) is 6.07. The van der Waals surface area contributed by atoms with E-state index < -0.39 is 0 Å². The first kappa shape index (κ1) is 14.4. The van der Waals surface area contributed by atoms with Gasteiger partial charge in [-0.3, -0.25) is 4.79 Å². The molecule has 2 N–H and O–H groups in total. The van der Waals surface area contributed by atoms with Gasteiger partial charge in [0.25, 0.3) is 0 Å². The third kappa shape index (κ3) is 3.05. The topological polar surface area (TPSA) is 50.4 Å². The number of amides is 1. The molecule has 1 spiro atoms. The van der Waals surface area contributed by atoms with Crippen LogP contribution < -0.4 is 15.4 Å². The van der Waals surface area contributed by atoms with Crippen LogP contribution >= 0.6 is 0 Å². The van der Waals surface area contributed by atoms with Gasteiger partial charge in [0.2, 0.25) is 5.91 Å². The van der Waals surface area contributed by atoms with Crippen molar-refractivity contribution in [1.29, 1.82) is 0 Å². The Hall–Kier alpha value is -1.55. The van der Waals surface area contributed by atoms with E-state index in [9.17, 15) is 4.79 Å². The Morgan fingerprint density at radius 1 is 1.33 bits per heavy atom. The monoisotopic (exact) mass is 288 g/mol. The number of carbonyl (C=O) groups excluding carboxylic acids is 1. The second-order valence-electron chi connectivity index (χ2n) is 6.21. The lowest BCUT2D eigenvalue weighted by molar-refractivity contribution is -0.122. The predicted molar refractivity (Wildman–Crippen MR) is 82.3 cm³/mol. The van der Waals surface area contributed by atoms with E-state index in [-0.39, 0.29) is 17.6 Å². The standard InChI is InChI=1S/C17H24N2O2/c1-18-11-8-16(20)19-14-12-17(9-4-5-10-17)21-15-7-3-2-6-13(14)15/h2-3,6-7,14,18H,4-5,8-12H2,1H3,(H,19,20). The van der Waals surface area contributed by atoms with E-state index in [1.807, 2.05) is 25.2 Å². The normalized spacial score (nSPS) is 22.6. The second kappa shape index (κ2) is 6.06. The van der Waals surface area contributed by atoms with Crippen LogP contribution in [0, 0.1) is 0 Å². The second-order valence-corrected chi connectivity index (χ2v) is 6.21. The fourth-order valence-corrected chi connectivity index (χ4v) is 3.58. The SMILES string of the molecule is CNCCC(=O)NC1CC2(CCCC2)Oc2ccccc21. The van der Waals surface area contributed by atoms with Gasteiger partial charge < -0.3 is 15.4 Å². The van der Waals surface area contributed by atoms with Gasteiger partial charge in [-0.25, -0.2) is 0 Å². The van der Waals surface area contributed by atoms with Crippen molar-refractivity contribution in [3.8, 4) is 5.75 Å². The minimum absolute atomic E-state index is 0.0602. The van der Waals surface area contributed by atoms with Crippen molar-refractivity contribution in [3.63, 3.8) is 0 Å². The summed E-state index contributed by atoms with van der Waals surface area (Å²) >= 11 is 0. The van der Waals surface area contributed by atoms with E-state index in [0.717, 1.165) is 30.6 Å². The van der Waals surface area contributed by atoms with E-state index in [2.05, 4.69) is 16.7 Å². The van der Waals surface area contributed by atoms with Crippen molar-refractivity contribution in [2.75, 3.05) is 13.6 Å². The zero-order chi connectivity index (χ0) is 14.7. The van der Waals surface area contributed by atoms with Crippen LogP contribution in [0.4, 0.5) is 0 Å². The number of benzene rings is 1. The van der Waals surface area contributed by atoms with E-state index in [1.54, 1.807) is 0 Å². The van der Waals surface area contributed by atoms with E-state index in [1.165, 1.54) is 12.8 Å². The molecule has 0 saturated heterocycles. The molecule has 114 valence electrons. The summed E-state index contributed by atoms with van der Waals surface area (Å²) in [5, 5.41) is 6.22. The average molecular weight is 288 g/mol. The van der Waals surface area contributed by atoms with Gasteiger partial charge in [0.05, 0.1) is 6.04 Å². The molecule has 1 heterocycles. The Labute approximate surface area is 126 Å². The van der Waals surface area contributed by atoms with Crippen LogP contribution in [0.3, 0.4) is 0 Å². The minimum Gasteiger partial charge on any atom is -0.487 e. The molecule has 21 heavy (non-hydrogen) atoms. The van der Waals surface area contributed by atoms with Crippen LogP contribution in [0.5, 0.6) is 5.75 Å². The maximum absolute atomic E-state index is 12.1. The average Bonchev–Trinajstić information content (AvgIpc) is 2.92. The van der Waals surface area contributed by atoms with Gasteiger partial charge >= 0.3 is 0 Å². The number of hydrogen-bond donors (Lipinski definition) is 2. The van der Waals surface area contributed by atoms with Crippen LogP contribution in [0.2, 0.25) is 0 Å². The summed E-state index contributed by atoms with van der Waals surface area (Å²) in [5.74, 6) is 1.06. The maximum atomic E-state index is 12.1. The number of nitrogens with one attached hydrogen (secondary N) is 2. The molecule has 0 aromatic heterocycles. The van der Waals surface area contributed by atoms with Gasteiger partial charge in [-0.2, -0.15) is 0 Å². The number of fused-ring (bicyclic) bond motifs is 1. The Kier molecular flexibility index (Phi) is 4.15. The molecule has 1 aliphatic carbocycles.